The topological polar surface area (TPSA) is 84.9 Å². The van der Waals surface area contributed by atoms with Crippen LogP contribution in [-0.4, -0.2) is 54.4 Å². The number of amides is 1. The summed E-state index contributed by atoms with van der Waals surface area (Å²) < 4.78 is 10.1. The van der Waals surface area contributed by atoms with Crippen LogP contribution in [0.4, 0.5) is 5.69 Å². The molecule has 7 nitrogen and oxygen atoms in total. The zero-order chi connectivity index (χ0) is 25.1. The van der Waals surface area contributed by atoms with Crippen molar-refractivity contribution in [2.45, 2.75) is 56.1 Å². The number of hydrogen-bond donors (Lipinski definition) is 1. The lowest BCUT2D eigenvalue weighted by atomic mass is 10.1. The summed E-state index contributed by atoms with van der Waals surface area (Å²) in [6.07, 6.45) is 4.61. The molecule has 1 saturated heterocycles. The van der Waals surface area contributed by atoms with Crippen LogP contribution in [0, 0.1) is 0 Å². The molecule has 0 bridgehead atoms. The summed E-state index contributed by atoms with van der Waals surface area (Å²) in [6.45, 7) is 4.09. The number of esters is 2. The fourth-order valence-electron chi connectivity index (χ4n) is 3.78. The van der Waals surface area contributed by atoms with Gasteiger partial charge in [-0.25, -0.2) is 9.59 Å². The molecule has 188 valence electrons. The standard InChI is InChI=1S/C27H34N2O5S/c1-3-4-8-17-27(33-24(30)25(31)34-27)26(32)28-22-12-14-23(15-13-22)35-20-9-18-29(2)19-16-21-10-6-5-7-11-21/h5-7,10-15H,3-4,8-9,16-20H2,1-2H3,(H,28,32). The van der Waals surface area contributed by atoms with Crippen molar-refractivity contribution >= 4 is 35.3 Å². The first-order valence-corrected chi connectivity index (χ1v) is 13.1. The Kier molecular flexibility index (Phi) is 10.2. The van der Waals surface area contributed by atoms with E-state index in [9.17, 15) is 14.4 Å². The Morgan fingerprint density at radius 1 is 0.943 bits per heavy atom. The number of benzene rings is 2. The molecule has 0 aliphatic carbocycles. The number of carbonyl (C=O) groups excluding carboxylic acids is 3. The number of ether oxygens (including phenoxy) is 2. The highest BCUT2D eigenvalue weighted by atomic mass is 32.2. The molecule has 1 amide bonds. The highest BCUT2D eigenvalue weighted by Gasteiger charge is 2.54. The summed E-state index contributed by atoms with van der Waals surface area (Å²) in [7, 11) is 2.15. The average molecular weight is 499 g/mol. The normalized spacial score (nSPS) is 14.6. The molecule has 1 N–H and O–H groups in total. The van der Waals surface area contributed by atoms with E-state index in [1.807, 2.05) is 25.1 Å². The highest BCUT2D eigenvalue weighted by molar-refractivity contribution is 7.99. The van der Waals surface area contributed by atoms with Gasteiger partial charge < -0.3 is 19.7 Å². The van der Waals surface area contributed by atoms with Crippen molar-refractivity contribution in [3.8, 4) is 0 Å². The van der Waals surface area contributed by atoms with E-state index in [1.165, 1.54) is 5.56 Å². The van der Waals surface area contributed by atoms with Crippen LogP contribution in [0.5, 0.6) is 0 Å². The predicted molar refractivity (Wildman–Crippen MR) is 137 cm³/mol. The second-order valence-electron chi connectivity index (χ2n) is 8.71. The summed E-state index contributed by atoms with van der Waals surface area (Å²) in [5.41, 5.74) is 1.91. The zero-order valence-corrected chi connectivity index (χ0v) is 21.3. The van der Waals surface area contributed by atoms with Gasteiger partial charge in [-0.3, -0.25) is 4.79 Å². The van der Waals surface area contributed by atoms with Gasteiger partial charge in [0, 0.05) is 23.5 Å². The maximum absolute atomic E-state index is 12.9. The second-order valence-corrected chi connectivity index (χ2v) is 9.88. The van der Waals surface area contributed by atoms with Crippen LogP contribution in [0.3, 0.4) is 0 Å². The molecule has 0 atom stereocenters. The van der Waals surface area contributed by atoms with E-state index < -0.39 is 23.6 Å². The number of thioether (sulfide) groups is 1. The minimum absolute atomic E-state index is 0.137. The highest BCUT2D eigenvalue weighted by Crippen LogP contribution is 2.30. The maximum Gasteiger partial charge on any atom is 0.421 e. The lowest BCUT2D eigenvalue weighted by Gasteiger charge is -2.24. The molecular weight excluding hydrogens is 464 g/mol. The molecule has 0 spiro atoms. The van der Waals surface area contributed by atoms with Gasteiger partial charge in [0.1, 0.15) is 0 Å². The fraction of sp³-hybridized carbons (Fsp3) is 0.444. The van der Waals surface area contributed by atoms with Crippen LogP contribution < -0.4 is 5.32 Å². The van der Waals surface area contributed by atoms with Gasteiger partial charge in [0.15, 0.2) is 0 Å². The van der Waals surface area contributed by atoms with E-state index in [-0.39, 0.29) is 6.42 Å². The van der Waals surface area contributed by atoms with Crippen molar-refractivity contribution in [1.82, 2.24) is 4.90 Å². The molecule has 0 radical (unpaired) electrons. The minimum Gasteiger partial charge on any atom is -0.405 e. The summed E-state index contributed by atoms with van der Waals surface area (Å²) in [4.78, 5) is 39.5. The van der Waals surface area contributed by atoms with Crippen molar-refractivity contribution in [3.63, 3.8) is 0 Å². The first-order valence-electron chi connectivity index (χ1n) is 12.1. The lowest BCUT2D eigenvalue weighted by molar-refractivity contribution is -0.188. The van der Waals surface area contributed by atoms with E-state index in [0.717, 1.165) is 49.4 Å². The summed E-state index contributed by atoms with van der Waals surface area (Å²) in [5, 5.41) is 2.72. The van der Waals surface area contributed by atoms with Gasteiger partial charge in [-0.15, -0.1) is 11.8 Å². The third-order valence-corrected chi connectivity index (χ3v) is 6.93. The van der Waals surface area contributed by atoms with E-state index in [2.05, 4.69) is 41.5 Å². The van der Waals surface area contributed by atoms with E-state index in [4.69, 9.17) is 9.47 Å². The quantitative estimate of drug-likeness (QED) is 0.176. The Hall–Kier alpha value is -2.84. The van der Waals surface area contributed by atoms with Gasteiger partial charge in [0.05, 0.1) is 0 Å². The molecular formula is C27H34N2O5S. The number of nitrogens with zero attached hydrogens (tertiary/aromatic N) is 1. The molecule has 2 aromatic carbocycles. The van der Waals surface area contributed by atoms with Crippen molar-refractivity contribution in [1.29, 1.82) is 0 Å². The van der Waals surface area contributed by atoms with Gasteiger partial charge in [-0.05, 0) is 68.4 Å². The van der Waals surface area contributed by atoms with Gasteiger partial charge >= 0.3 is 23.6 Å². The number of cyclic esters (lactones) is 2. The molecule has 0 saturated carbocycles. The van der Waals surface area contributed by atoms with E-state index >= 15 is 0 Å². The number of rotatable bonds is 14. The van der Waals surface area contributed by atoms with Crippen LogP contribution in [0.1, 0.15) is 44.6 Å². The molecule has 2 aromatic rings. The van der Waals surface area contributed by atoms with E-state index in [1.54, 1.807) is 23.9 Å². The molecule has 3 rings (SSSR count). The molecule has 0 unspecified atom stereocenters. The maximum atomic E-state index is 12.9. The first kappa shape index (κ1) is 26.8. The molecule has 1 aliphatic rings. The van der Waals surface area contributed by atoms with Crippen LogP contribution >= 0.6 is 11.8 Å². The van der Waals surface area contributed by atoms with Gasteiger partial charge in [0.25, 0.3) is 0 Å². The molecule has 1 heterocycles. The molecule has 35 heavy (non-hydrogen) atoms. The third kappa shape index (κ3) is 8.11. The number of likely N-dealkylation sites (N-methyl/N-ethyl adjacent to an activating group) is 1. The SMILES string of the molecule is CCCCCC1(C(=O)Nc2ccc(SCCCN(C)CCc3ccccc3)cc2)OC(=O)C(=O)O1. The molecule has 8 heteroatoms. The van der Waals surface area contributed by atoms with Crippen LogP contribution in [-0.2, 0) is 30.3 Å². The lowest BCUT2D eigenvalue weighted by Crippen LogP contribution is -2.44. The van der Waals surface area contributed by atoms with Crippen molar-refractivity contribution in [2.24, 2.45) is 0 Å². The van der Waals surface area contributed by atoms with Gasteiger partial charge in [0.2, 0.25) is 0 Å². The number of nitrogens with one attached hydrogen (secondary N) is 1. The monoisotopic (exact) mass is 498 g/mol. The first-order chi connectivity index (χ1) is 16.9. The number of hydrogen-bond acceptors (Lipinski definition) is 7. The van der Waals surface area contributed by atoms with Gasteiger partial charge in [-0.2, -0.15) is 0 Å². The fourth-order valence-corrected chi connectivity index (χ4v) is 4.62. The second kappa shape index (κ2) is 13.3. The van der Waals surface area contributed by atoms with Gasteiger partial charge in [-0.1, -0.05) is 50.1 Å². The van der Waals surface area contributed by atoms with Crippen LogP contribution in [0.25, 0.3) is 0 Å². The summed E-state index contributed by atoms with van der Waals surface area (Å²) in [6, 6.07) is 18.0. The van der Waals surface area contributed by atoms with Crippen LogP contribution in [0.2, 0.25) is 0 Å². The Labute approximate surface area is 211 Å². The minimum atomic E-state index is -1.89. The number of unbranched alkanes of at least 4 members (excludes halogenated alkanes) is 2. The molecule has 1 aliphatic heterocycles. The van der Waals surface area contributed by atoms with Crippen LogP contribution in [0.15, 0.2) is 59.5 Å². The molecule has 1 fully saturated rings. The Balaban J connectivity index is 1.42. The average Bonchev–Trinajstić information content (AvgIpc) is 3.16. The summed E-state index contributed by atoms with van der Waals surface area (Å²) in [5.74, 6) is -3.80. The van der Waals surface area contributed by atoms with Crippen molar-refractivity contribution < 1.29 is 23.9 Å². The van der Waals surface area contributed by atoms with Crippen molar-refractivity contribution in [2.75, 3.05) is 31.2 Å². The Bertz CT molecular complexity index is 965. The van der Waals surface area contributed by atoms with E-state index in [0.29, 0.717) is 12.1 Å². The van der Waals surface area contributed by atoms with Crippen molar-refractivity contribution in [3.05, 3.63) is 60.2 Å². The summed E-state index contributed by atoms with van der Waals surface area (Å²) >= 11 is 1.77. The number of carbonyl (C=O) groups is 3. The Morgan fingerprint density at radius 3 is 2.29 bits per heavy atom. The predicted octanol–water partition coefficient (Wildman–Crippen LogP) is 4.66. The third-order valence-electron chi connectivity index (χ3n) is 5.83. The zero-order valence-electron chi connectivity index (χ0n) is 20.5. The molecule has 0 aromatic heterocycles. The largest absolute Gasteiger partial charge is 0.421 e. The smallest absolute Gasteiger partial charge is 0.405 e. The Morgan fingerprint density at radius 2 is 1.63 bits per heavy atom. The number of anilines is 1.